The van der Waals surface area contributed by atoms with Gasteiger partial charge in [-0.3, -0.25) is 4.79 Å². The summed E-state index contributed by atoms with van der Waals surface area (Å²) in [5.41, 5.74) is 2.03. The van der Waals surface area contributed by atoms with Crippen molar-refractivity contribution in [2.45, 2.75) is 31.6 Å². The summed E-state index contributed by atoms with van der Waals surface area (Å²) in [6, 6.07) is 16.7. The molecule has 0 saturated carbocycles. The van der Waals surface area contributed by atoms with Gasteiger partial charge in [0.2, 0.25) is 15.9 Å². The van der Waals surface area contributed by atoms with Crippen LogP contribution in [0.5, 0.6) is 0 Å². The van der Waals surface area contributed by atoms with Crippen molar-refractivity contribution in [1.82, 2.24) is 4.31 Å². The van der Waals surface area contributed by atoms with Crippen LogP contribution in [-0.4, -0.2) is 37.5 Å². The number of hydrogen-bond donors (Lipinski definition) is 1. The van der Waals surface area contributed by atoms with Gasteiger partial charge in [0.1, 0.15) is 0 Å². The number of nitrogens with zero attached hydrogens (tertiary/aromatic N) is 2. The molecule has 0 aromatic heterocycles. The number of benzene rings is 2. The van der Waals surface area contributed by atoms with Crippen LogP contribution in [0, 0.1) is 11.3 Å². The normalized spacial score (nSPS) is 15.5. The van der Waals surface area contributed by atoms with Crippen molar-refractivity contribution in [2.75, 3.05) is 24.2 Å². The lowest BCUT2D eigenvalue weighted by atomic mass is 9.92. The van der Waals surface area contributed by atoms with E-state index in [1.165, 1.54) is 4.31 Å². The molecule has 0 spiro atoms. The standard InChI is InChI=1S/C22H24ClN3O3S/c23-21-15-18(10-11-19(21)20(16-24)17-7-2-1-3-8-17)25-22(27)9-6-14-30(28,29)26-12-4-5-13-26/h1-3,7-8,10-11,15,20H,4-6,9,12-14H2,(H,25,27). The Balaban J connectivity index is 1.57. The van der Waals surface area contributed by atoms with Crippen molar-refractivity contribution >= 4 is 33.2 Å². The molecular formula is C22H24ClN3O3S. The van der Waals surface area contributed by atoms with Crippen molar-refractivity contribution in [3.8, 4) is 6.07 Å². The summed E-state index contributed by atoms with van der Waals surface area (Å²) >= 11 is 6.39. The maximum atomic E-state index is 12.2. The molecule has 1 aliphatic heterocycles. The smallest absolute Gasteiger partial charge is 0.224 e. The highest BCUT2D eigenvalue weighted by Gasteiger charge is 2.25. The summed E-state index contributed by atoms with van der Waals surface area (Å²) < 4.78 is 25.9. The van der Waals surface area contributed by atoms with Crippen molar-refractivity contribution in [1.29, 1.82) is 5.26 Å². The molecule has 158 valence electrons. The molecule has 1 saturated heterocycles. The fourth-order valence-corrected chi connectivity index (χ4v) is 5.41. The fraction of sp³-hybridized carbons (Fsp3) is 0.364. The SMILES string of the molecule is N#CC(c1ccccc1)c1ccc(NC(=O)CCCS(=O)(=O)N2CCCC2)cc1Cl. The number of nitriles is 1. The molecule has 1 aliphatic rings. The number of halogens is 1. The zero-order chi connectivity index (χ0) is 21.6. The Kier molecular flexibility index (Phi) is 7.48. The van der Waals surface area contributed by atoms with Gasteiger partial charge in [0, 0.05) is 30.2 Å². The first kappa shape index (κ1) is 22.3. The van der Waals surface area contributed by atoms with E-state index in [1.54, 1.807) is 18.2 Å². The van der Waals surface area contributed by atoms with E-state index < -0.39 is 15.9 Å². The summed E-state index contributed by atoms with van der Waals surface area (Å²) in [4.78, 5) is 12.2. The Bertz CT molecular complexity index is 1030. The lowest BCUT2D eigenvalue weighted by Gasteiger charge is -2.15. The highest BCUT2D eigenvalue weighted by molar-refractivity contribution is 7.89. The first-order chi connectivity index (χ1) is 14.4. The van der Waals surface area contributed by atoms with E-state index in [1.807, 2.05) is 30.3 Å². The average molecular weight is 446 g/mol. The Morgan fingerprint density at radius 1 is 1.17 bits per heavy atom. The van der Waals surface area contributed by atoms with E-state index >= 15 is 0 Å². The Hall–Kier alpha value is -2.40. The third-order valence-corrected chi connectivity index (χ3v) is 7.41. The highest BCUT2D eigenvalue weighted by atomic mass is 35.5. The summed E-state index contributed by atoms with van der Waals surface area (Å²) in [6.45, 7) is 1.15. The van der Waals surface area contributed by atoms with Crippen LogP contribution in [0.4, 0.5) is 5.69 Å². The quantitative estimate of drug-likeness (QED) is 0.661. The van der Waals surface area contributed by atoms with Crippen LogP contribution in [0.15, 0.2) is 48.5 Å². The number of rotatable bonds is 8. The van der Waals surface area contributed by atoms with Gasteiger partial charge in [0.05, 0.1) is 17.7 Å². The zero-order valence-corrected chi connectivity index (χ0v) is 18.1. The molecule has 0 radical (unpaired) electrons. The van der Waals surface area contributed by atoms with Crippen LogP contribution in [0.3, 0.4) is 0 Å². The minimum Gasteiger partial charge on any atom is -0.326 e. The maximum absolute atomic E-state index is 12.2. The second-order valence-electron chi connectivity index (χ2n) is 7.28. The predicted octanol–water partition coefficient (Wildman–Crippen LogP) is 4.14. The topological polar surface area (TPSA) is 90.3 Å². The largest absolute Gasteiger partial charge is 0.326 e. The fourth-order valence-electron chi connectivity index (χ4n) is 3.54. The van der Waals surface area contributed by atoms with Crippen LogP contribution >= 0.6 is 11.6 Å². The van der Waals surface area contributed by atoms with Crippen LogP contribution in [0.2, 0.25) is 5.02 Å². The van der Waals surface area contributed by atoms with Crippen LogP contribution in [-0.2, 0) is 14.8 Å². The predicted molar refractivity (Wildman–Crippen MR) is 118 cm³/mol. The van der Waals surface area contributed by atoms with E-state index in [-0.39, 0.29) is 24.5 Å². The summed E-state index contributed by atoms with van der Waals surface area (Å²) in [5.74, 6) is -0.796. The second-order valence-corrected chi connectivity index (χ2v) is 9.78. The van der Waals surface area contributed by atoms with E-state index in [4.69, 9.17) is 11.6 Å². The molecule has 2 aromatic carbocycles. The zero-order valence-electron chi connectivity index (χ0n) is 16.6. The van der Waals surface area contributed by atoms with Crippen molar-refractivity contribution in [3.05, 3.63) is 64.7 Å². The van der Waals surface area contributed by atoms with Crippen LogP contribution in [0.25, 0.3) is 0 Å². The molecule has 1 unspecified atom stereocenters. The molecule has 3 rings (SSSR count). The first-order valence-electron chi connectivity index (χ1n) is 9.92. The van der Waals surface area contributed by atoms with Gasteiger partial charge in [0.15, 0.2) is 0 Å². The number of nitrogens with one attached hydrogen (secondary N) is 1. The highest BCUT2D eigenvalue weighted by Crippen LogP contribution is 2.31. The van der Waals surface area contributed by atoms with E-state index in [2.05, 4.69) is 11.4 Å². The molecule has 2 aromatic rings. The number of amides is 1. The van der Waals surface area contributed by atoms with Crippen molar-refractivity contribution < 1.29 is 13.2 Å². The number of carbonyl (C=O) groups excluding carboxylic acids is 1. The lowest BCUT2D eigenvalue weighted by Crippen LogP contribution is -2.30. The minimum absolute atomic E-state index is 0.0267. The van der Waals surface area contributed by atoms with E-state index in [9.17, 15) is 18.5 Å². The van der Waals surface area contributed by atoms with Crippen molar-refractivity contribution in [2.24, 2.45) is 0 Å². The molecular weight excluding hydrogens is 422 g/mol. The molecule has 6 nitrogen and oxygen atoms in total. The number of anilines is 1. The van der Waals surface area contributed by atoms with E-state index in [0.717, 1.165) is 18.4 Å². The molecule has 1 fully saturated rings. The molecule has 0 bridgehead atoms. The molecule has 30 heavy (non-hydrogen) atoms. The summed E-state index contributed by atoms with van der Waals surface area (Å²) in [5, 5.41) is 12.7. The summed E-state index contributed by atoms with van der Waals surface area (Å²) in [7, 11) is -3.28. The number of sulfonamides is 1. The Morgan fingerprint density at radius 2 is 1.87 bits per heavy atom. The Labute approximate surface area is 182 Å². The lowest BCUT2D eigenvalue weighted by molar-refractivity contribution is -0.116. The van der Waals surface area contributed by atoms with Gasteiger partial charge in [-0.15, -0.1) is 0 Å². The average Bonchev–Trinajstić information content (AvgIpc) is 3.27. The molecule has 1 heterocycles. The van der Waals surface area contributed by atoms with E-state index in [0.29, 0.717) is 29.4 Å². The molecule has 1 N–H and O–H groups in total. The van der Waals surface area contributed by atoms with Crippen LogP contribution in [0.1, 0.15) is 42.7 Å². The maximum Gasteiger partial charge on any atom is 0.224 e. The molecule has 1 amide bonds. The van der Waals surface area contributed by atoms with Gasteiger partial charge >= 0.3 is 0 Å². The number of hydrogen-bond acceptors (Lipinski definition) is 4. The summed E-state index contributed by atoms with van der Waals surface area (Å²) in [6.07, 6.45) is 2.17. The van der Waals surface area contributed by atoms with Gasteiger partial charge in [-0.1, -0.05) is 48.0 Å². The third-order valence-electron chi connectivity index (χ3n) is 5.12. The van der Waals surface area contributed by atoms with Gasteiger partial charge in [0.25, 0.3) is 0 Å². The van der Waals surface area contributed by atoms with Crippen molar-refractivity contribution in [3.63, 3.8) is 0 Å². The number of carbonyl (C=O) groups is 1. The molecule has 0 aliphatic carbocycles. The monoisotopic (exact) mass is 445 g/mol. The Morgan fingerprint density at radius 3 is 2.50 bits per heavy atom. The molecule has 1 atom stereocenters. The van der Waals surface area contributed by atoms with Gasteiger partial charge in [-0.2, -0.15) is 5.26 Å². The van der Waals surface area contributed by atoms with Gasteiger partial charge < -0.3 is 5.32 Å². The third kappa shape index (κ3) is 5.60. The van der Waals surface area contributed by atoms with Gasteiger partial charge in [-0.05, 0) is 42.5 Å². The molecule has 8 heteroatoms. The van der Waals surface area contributed by atoms with Crippen LogP contribution < -0.4 is 5.32 Å². The first-order valence-corrected chi connectivity index (χ1v) is 11.9. The second kappa shape index (κ2) is 10.1. The minimum atomic E-state index is -3.28. The van der Waals surface area contributed by atoms with Gasteiger partial charge in [-0.25, -0.2) is 12.7 Å².